The van der Waals surface area contributed by atoms with Gasteiger partial charge in [0.05, 0.1) is 7.11 Å². The Labute approximate surface area is 116 Å². The molecule has 104 valence electrons. The molecule has 1 unspecified atom stereocenters. The first-order valence-electron chi connectivity index (χ1n) is 7.64. The van der Waals surface area contributed by atoms with E-state index >= 15 is 0 Å². The van der Waals surface area contributed by atoms with E-state index < -0.39 is 0 Å². The lowest BCUT2D eigenvalue weighted by Gasteiger charge is -2.22. The molecule has 0 radical (unpaired) electrons. The Hall–Kier alpha value is -1.02. The quantitative estimate of drug-likeness (QED) is 0.801. The van der Waals surface area contributed by atoms with E-state index in [0.29, 0.717) is 11.5 Å². The number of nitrogens with one attached hydrogen (secondary N) is 1. The zero-order chi connectivity index (χ0) is 13.3. The third-order valence-electron chi connectivity index (χ3n) is 4.97. The summed E-state index contributed by atoms with van der Waals surface area (Å²) in [4.78, 5) is 0. The van der Waals surface area contributed by atoms with Crippen LogP contribution in [0.1, 0.15) is 50.6 Å². The van der Waals surface area contributed by atoms with Gasteiger partial charge in [0.25, 0.3) is 0 Å². The number of hydrogen-bond acceptors (Lipinski definition) is 2. The molecule has 1 aromatic rings. The minimum absolute atomic E-state index is 0.551. The van der Waals surface area contributed by atoms with Crippen LogP contribution >= 0.6 is 0 Å². The Kier molecular flexibility index (Phi) is 3.53. The lowest BCUT2D eigenvalue weighted by atomic mass is 9.99. The molecule has 0 bridgehead atoms. The molecular formula is C17H25NO. The van der Waals surface area contributed by atoms with Crippen molar-refractivity contribution in [1.29, 1.82) is 0 Å². The fraction of sp³-hybridized carbons (Fsp3) is 0.647. The molecule has 0 aliphatic heterocycles. The normalized spacial score (nSPS) is 22.0. The predicted molar refractivity (Wildman–Crippen MR) is 78.4 cm³/mol. The molecule has 0 aromatic heterocycles. The zero-order valence-electron chi connectivity index (χ0n) is 12.1. The highest BCUT2D eigenvalue weighted by Gasteiger charge is 2.42. The van der Waals surface area contributed by atoms with Gasteiger partial charge in [-0.25, -0.2) is 0 Å². The molecule has 1 N–H and O–H groups in total. The van der Waals surface area contributed by atoms with Crippen LogP contribution in [0.3, 0.4) is 0 Å². The number of ether oxygens (including phenoxy) is 1. The van der Waals surface area contributed by atoms with Gasteiger partial charge in [0.1, 0.15) is 5.75 Å². The smallest absolute Gasteiger partial charge is 0.118 e. The summed E-state index contributed by atoms with van der Waals surface area (Å²) in [6.07, 6.45) is 6.90. The van der Waals surface area contributed by atoms with E-state index in [9.17, 15) is 0 Å². The van der Waals surface area contributed by atoms with Crippen molar-refractivity contribution in [2.45, 2.75) is 45.1 Å². The molecule has 1 atom stereocenters. The van der Waals surface area contributed by atoms with Gasteiger partial charge in [-0.2, -0.15) is 0 Å². The van der Waals surface area contributed by atoms with Crippen molar-refractivity contribution in [3.05, 3.63) is 29.8 Å². The van der Waals surface area contributed by atoms with Crippen molar-refractivity contribution in [2.24, 2.45) is 11.3 Å². The second-order valence-corrected chi connectivity index (χ2v) is 6.32. The van der Waals surface area contributed by atoms with Gasteiger partial charge >= 0.3 is 0 Å². The fourth-order valence-corrected chi connectivity index (χ4v) is 2.96. The van der Waals surface area contributed by atoms with E-state index in [-0.39, 0.29) is 0 Å². The molecule has 2 heteroatoms. The molecule has 0 spiro atoms. The van der Waals surface area contributed by atoms with E-state index in [4.69, 9.17) is 4.74 Å². The summed E-state index contributed by atoms with van der Waals surface area (Å²) in [5.74, 6) is 1.80. The average molecular weight is 259 g/mol. The van der Waals surface area contributed by atoms with Crippen LogP contribution in [0.25, 0.3) is 0 Å². The standard InChI is InChI=1S/C17H25NO/c1-3-17(10-11-17)12-18-16(13-4-5-13)14-6-8-15(19-2)9-7-14/h6-9,13,16,18H,3-5,10-12H2,1-2H3. The molecule has 0 heterocycles. The first kappa shape index (κ1) is 13.0. The molecule has 3 rings (SSSR count). The minimum Gasteiger partial charge on any atom is -0.497 e. The highest BCUT2D eigenvalue weighted by atomic mass is 16.5. The van der Waals surface area contributed by atoms with Crippen LogP contribution in [-0.2, 0) is 0 Å². The van der Waals surface area contributed by atoms with Crippen molar-refractivity contribution in [3.63, 3.8) is 0 Å². The molecular weight excluding hydrogens is 234 g/mol. The van der Waals surface area contributed by atoms with Gasteiger partial charge in [0.15, 0.2) is 0 Å². The predicted octanol–water partition coefficient (Wildman–Crippen LogP) is 3.93. The van der Waals surface area contributed by atoms with Gasteiger partial charge in [-0.3, -0.25) is 0 Å². The van der Waals surface area contributed by atoms with E-state index in [2.05, 4.69) is 36.5 Å². The average Bonchev–Trinajstić information content (AvgIpc) is 3.35. The molecule has 2 fully saturated rings. The zero-order valence-corrected chi connectivity index (χ0v) is 12.1. The monoisotopic (exact) mass is 259 g/mol. The summed E-state index contributed by atoms with van der Waals surface area (Å²) < 4.78 is 5.25. The van der Waals surface area contributed by atoms with Crippen LogP contribution in [0.4, 0.5) is 0 Å². The van der Waals surface area contributed by atoms with Crippen LogP contribution in [0, 0.1) is 11.3 Å². The Bertz CT molecular complexity index is 417. The lowest BCUT2D eigenvalue weighted by molar-refractivity contribution is 0.383. The van der Waals surface area contributed by atoms with Crippen molar-refractivity contribution < 1.29 is 4.74 Å². The number of rotatable bonds is 7. The molecule has 2 aliphatic carbocycles. The van der Waals surface area contributed by atoms with E-state index in [1.165, 1.54) is 44.2 Å². The summed E-state index contributed by atoms with van der Waals surface area (Å²) in [7, 11) is 1.73. The summed E-state index contributed by atoms with van der Waals surface area (Å²) >= 11 is 0. The topological polar surface area (TPSA) is 21.3 Å². The van der Waals surface area contributed by atoms with Crippen molar-refractivity contribution in [2.75, 3.05) is 13.7 Å². The highest BCUT2D eigenvalue weighted by Crippen LogP contribution is 2.49. The first-order valence-corrected chi connectivity index (χ1v) is 7.64. The lowest BCUT2D eigenvalue weighted by Crippen LogP contribution is -2.29. The van der Waals surface area contributed by atoms with E-state index in [1.54, 1.807) is 7.11 Å². The van der Waals surface area contributed by atoms with Gasteiger partial charge in [-0.05, 0) is 61.1 Å². The van der Waals surface area contributed by atoms with Crippen LogP contribution < -0.4 is 10.1 Å². The van der Waals surface area contributed by atoms with E-state index in [1.807, 2.05) is 0 Å². The summed E-state index contributed by atoms with van der Waals surface area (Å²) in [5, 5.41) is 3.85. The number of hydrogen-bond donors (Lipinski definition) is 1. The minimum atomic E-state index is 0.551. The number of methoxy groups -OCH3 is 1. The molecule has 0 saturated heterocycles. The maximum Gasteiger partial charge on any atom is 0.118 e. The Morgan fingerprint density at radius 3 is 2.42 bits per heavy atom. The second kappa shape index (κ2) is 5.16. The maximum atomic E-state index is 5.25. The fourth-order valence-electron chi connectivity index (χ4n) is 2.96. The molecule has 2 nitrogen and oxygen atoms in total. The van der Waals surface area contributed by atoms with Gasteiger partial charge in [0, 0.05) is 12.6 Å². The third kappa shape index (κ3) is 2.94. The van der Waals surface area contributed by atoms with Gasteiger partial charge in [0.2, 0.25) is 0 Å². The van der Waals surface area contributed by atoms with Crippen molar-refractivity contribution in [1.82, 2.24) is 5.32 Å². The Morgan fingerprint density at radius 2 is 1.95 bits per heavy atom. The van der Waals surface area contributed by atoms with Crippen LogP contribution in [0.15, 0.2) is 24.3 Å². The Balaban J connectivity index is 1.66. The largest absolute Gasteiger partial charge is 0.497 e. The van der Waals surface area contributed by atoms with Crippen LogP contribution in [0.2, 0.25) is 0 Å². The van der Waals surface area contributed by atoms with Crippen molar-refractivity contribution in [3.8, 4) is 5.75 Å². The summed E-state index contributed by atoms with van der Waals surface area (Å²) in [6.45, 7) is 3.52. The van der Waals surface area contributed by atoms with Crippen LogP contribution in [-0.4, -0.2) is 13.7 Å². The van der Waals surface area contributed by atoms with E-state index in [0.717, 1.165) is 11.7 Å². The van der Waals surface area contributed by atoms with Gasteiger partial charge in [-0.1, -0.05) is 19.1 Å². The van der Waals surface area contributed by atoms with Gasteiger partial charge < -0.3 is 10.1 Å². The SMILES string of the molecule is CCC1(CNC(c2ccc(OC)cc2)C2CC2)CC1. The molecule has 19 heavy (non-hydrogen) atoms. The maximum absolute atomic E-state index is 5.25. The second-order valence-electron chi connectivity index (χ2n) is 6.32. The summed E-state index contributed by atoms with van der Waals surface area (Å²) in [6, 6.07) is 9.16. The highest BCUT2D eigenvalue weighted by molar-refractivity contribution is 5.30. The summed E-state index contributed by atoms with van der Waals surface area (Å²) in [5.41, 5.74) is 2.05. The van der Waals surface area contributed by atoms with Crippen molar-refractivity contribution >= 4 is 0 Å². The molecule has 2 saturated carbocycles. The van der Waals surface area contributed by atoms with Crippen LogP contribution in [0.5, 0.6) is 5.75 Å². The molecule has 2 aliphatic rings. The molecule has 0 amide bonds. The molecule has 1 aromatic carbocycles. The van der Waals surface area contributed by atoms with Gasteiger partial charge in [-0.15, -0.1) is 0 Å². The Morgan fingerprint density at radius 1 is 1.26 bits per heavy atom. The number of benzene rings is 1. The third-order valence-corrected chi connectivity index (χ3v) is 4.97. The first-order chi connectivity index (χ1) is 9.26.